The predicted molar refractivity (Wildman–Crippen MR) is 85.7 cm³/mol. The third-order valence-electron chi connectivity index (χ3n) is 5.43. The van der Waals surface area contributed by atoms with E-state index in [1.807, 2.05) is 32.0 Å². The fourth-order valence-electron chi connectivity index (χ4n) is 3.80. The van der Waals surface area contributed by atoms with E-state index in [-0.39, 0.29) is 0 Å². The largest absolute Gasteiger partial charge is 0.387 e. The maximum absolute atomic E-state index is 11.0. The first-order valence-electron chi connectivity index (χ1n) is 8.06. The van der Waals surface area contributed by atoms with Gasteiger partial charge in [-0.1, -0.05) is 32.0 Å². The first kappa shape index (κ1) is 16.0. The number of aliphatic hydroxyl groups is 1. The van der Waals surface area contributed by atoms with Gasteiger partial charge in [0.25, 0.3) is 0 Å². The summed E-state index contributed by atoms with van der Waals surface area (Å²) < 4.78 is 0. The van der Waals surface area contributed by atoms with Crippen molar-refractivity contribution in [2.24, 2.45) is 17.3 Å². The second-order valence-corrected chi connectivity index (χ2v) is 7.06. The van der Waals surface area contributed by atoms with Crippen LogP contribution in [0.2, 0.25) is 0 Å². The molecule has 1 aliphatic rings. The summed E-state index contributed by atoms with van der Waals surface area (Å²) in [4.78, 5) is 0. The molecule has 0 aromatic heterocycles. The Morgan fingerprint density at radius 1 is 1.19 bits per heavy atom. The molecule has 1 fully saturated rings. The molecule has 0 spiro atoms. The van der Waals surface area contributed by atoms with Crippen LogP contribution in [0.4, 0.5) is 0 Å². The minimum Gasteiger partial charge on any atom is -0.387 e. The molecule has 1 aromatic carbocycles. The third-order valence-corrected chi connectivity index (χ3v) is 5.43. The molecule has 2 rings (SSSR count). The van der Waals surface area contributed by atoms with Gasteiger partial charge in [-0.15, -0.1) is 0 Å². The van der Waals surface area contributed by atoms with Crippen LogP contribution in [0.1, 0.15) is 62.3 Å². The van der Waals surface area contributed by atoms with E-state index in [1.54, 1.807) is 0 Å². The highest BCUT2D eigenvalue weighted by Crippen LogP contribution is 2.49. The first-order chi connectivity index (χ1) is 9.91. The Hall–Kier alpha value is -1.33. The molecule has 1 saturated carbocycles. The second kappa shape index (κ2) is 6.20. The van der Waals surface area contributed by atoms with Crippen molar-refractivity contribution in [3.8, 4) is 6.07 Å². The van der Waals surface area contributed by atoms with Gasteiger partial charge in [0.2, 0.25) is 0 Å². The van der Waals surface area contributed by atoms with E-state index in [0.717, 1.165) is 42.4 Å². The highest BCUT2D eigenvalue weighted by Gasteiger charge is 2.43. The zero-order chi connectivity index (χ0) is 15.6. The summed E-state index contributed by atoms with van der Waals surface area (Å²) in [7, 11) is 0. The molecule has 1 N–H and O–H groups in total. The van der Waals surface area contributed by atoms with Crippen LogP contribution >= 0.6 is 0 Å². The fourth-order valence-corrected chi connectivity index (χ4v) is 3.80. The lowest BCUT2D eigenvalue weighted by Crippen LogP contribution is -2.34. The van der Waals surface area contributed by atoms with Gasteiger partial charge in [-0.2, -0.15) is 5.26 Å². The molecular formula is C19H27NO. The molecule has 0 heterocycles. The Morgan fingerprint density at radius 3 is 2.14 bits per heavy atom. The maximum atomic E-state index is 11.0. The molecule has 1 aliphatic carbocycles. The van der Waals surface area contributed by atoms with Gasteiger partial charge in [-0.3, -0.25) is 0 Å². The molecule has 1 atom stereocenters. The highest BCUT2D eigenvalue weighted by molar-refractivity contribution is 5.37. The zero-order valence-electron chi connectivity index (χ0n) is 13.7. The van der Waals surface area contributed by atoms with Crippen molar-refractivity contribution in [3.05, 3.63) is 34.9 Å². The number of rotatable bonds is 3. The van der Waals surface area contributed by atoms with Gasteiger partial charge in [0, 0.05) is 0 Å². The molecule has 2 heteroatoms. The molecule has 2 nitrogen and oxygen atoms in total. The summed E-state index contributed by atoms with van der Waals surface area (Å²) in [6.07, 6.45) is 3.04. The van der Waals surface area contributed by atoms with Crippen LogP contribution in [-0.2, 0) is 0 Å². The van der Waals surface area contributed by atoms with E-state index in [4.69, 9.17) is 0 Å². The lowest BCUT2D eigenvalue weighted by atomic mass is 9.64. The summed E-state index contributed by atoms with van der Waals surface area (Å²) in [5, 5.41) is 20.7. The monoisotopic (exact) mass is 285 g/mol. The minimum atomic E-state index is -0.670. The predicted octanol–water partition coefficient (Wildman–Crippen LogP) is 4.69. The molecule has 21 heavy (non-hydrogen) atoms. The van der Waals surface area contributed by atoms with Gasteiger partial charge in [0.15, 0.2) is 0 Å². The summed E-state index contributed by atoms with van der Waals surface area (Å²) in [6, 6.07) is 8.54. The lowest BCUT2D eigenvalue weighted by molar-refractivity contribution is 0.0182. The van der Waals surface area contributed by atoms with E-state index >= 15 is 0 Å². The molecular weight excluding hydrogens is 258 g/mol. The summed E-state index contributed by atoms with van der Waals surface area (Å²) in [6.45, 7) is 8.56. The Labute approximate surface area is 128 Å². The SMILES string of the molecule is Cc1cccc(C)c1C(O)C1(C#N)CCC(C(C)C)CC1. The van der Waals surface area contributed by atoms with Gasteiger partial charge >= 0.3 is 0 Å². The fraction of sp³-hybridized carbons (Fsp3) is 0.632. The second-order valence-electron chi connectivity index (χ2n) is 7.06. The number of hydrogen-bond acceptors (Lipinski definition) is 2. The van der Waals surface area contributed by atoms with Gasteiger partial charge in [-0.05, 0) is 68.1 Å². The van der Waals surface area contributed by atoms with Crippen molar-refractivity contribution in [2.75, 3.05) is 0 Å². The van der Waals surface area contributed by atoms with Crippen molar-refractivity contribution in [3.63, 3.8) is 0 Å². The van der Waals surface area contributed by atoms with Crippen LogP contribution in [0.3, 0.4) is 0 Å². The van der Waals surface area contributed by atoms with E-state index in [1.165, 1.54) is 0 Å². The van der Waals surface area contributed by atoms with Gasteiger partial charge in [0.1, 0.15) is 0 Å². The Bertz CT molecular complexity index is 513. The molecule has 1 unspecified atom stereocenters. The van der Waals surface area contributed by atoms with Crippen LogP contribution in [0.5, 0.6) is 0 Å². The van der Waals surface area contributed by atoms with Crippen LogP contribution in [0, 0.1) is 42.4 Å². The normalized spacial score (nSPS) is 27.4. The molecule has 114 valence electrons. The third kappa shape index (κ3) is 2.99. The van der Waals surface area contributed by atoms with Crippen LogP contribution < -0.4 is 0 Å². The van der Waals surface area contributed by atoms with E-state index < -0.39 is 11.5 Å². The van der Waals surface area contributed by atoms with E-state index in [0.29, 0.717) is 11.8 Å². The number of benzene rings is 1. The maximum Gasteiger partial charge on any atom is 0.0981 e. The van der Waals surface area contributed by atoms with Gasteiger partial charge in [-0.25, -0.2) is 0 Å². The number of hydrogen-bond donors (Lipinski definition) is 1. The number of aliphatic hydroxyl groups excluding tert-OH is 1. The molecule has 0 saturated heterocycles. The molecule has 0 bridgehead atoms. The Balaban J connectivity index is 2.28. The quantitative estimate of drug-likeness (QED) is 0.875. The van der Waals surface area contributed by atoms with Gasteiger partial charge in [0.05, 0.1) is 17.6 Å². The summed E-state index contributed by atoms with van der Waals surface area (Å²) in [5.41, 5.74) is 2.52. The lowest BCUT2D eigenvalue weighted by Gasteiger charge is -2.40. The van der Waals surface area contributed by atoms with Crippen molar-refractivity contribution < 1.29 is 5.11 Å². The Morgan fingerprint density at radius 2 is 1.71 bits per heavy atom. The standard InChI is InChI=1S/C19H27NO/c1-13(2)16-8-10-19(12-20,11-9-16)18(21)17-14(3)6-5-7-15(17)4/h5-7,13,16,18,21H,8-11H2,1-4H3. The number of nitriles is 1. The number of aryl methyl sites for hydroxylation is 2. The molecule has 0 aliphatic heterocycles. The van der Waals surface area contributed by atoms with Crippen molar-refractivity contribution >= 4 is 0 Å². The van der Waals surface area contributed by atoms with Crippen molar-refractivity contribution in [1.82, 2.24) is 0 Å². The van der Waals surface area contributed by atoms with Crippen LogP contribution in [0.25, 0.3) is 0 Å². The molecule has 1 aromatic rings. The molecule has 0 amide bonds. The highest BCUT2D eigenvalue weighted by atomic mass is 16.3. The Kier molecular flexibility index (Phi) is 4.74. The molecule has 0 radical (unpaired) electrons. The average molecular weight is 285 g/mol. The minimum absolute atomic E-state index is 0.609. The van der Waals surface area contributed by atoms with E-state index in [9.17, 15) is 10.4 Å². The van der Waals surface area contributed by atoms with Crippen LogP contribution in [0.15, 0.2) is 18.2 Å². The van der Waals surface area contributed by atoms with Crippen molar-refractivity contribution in [1.29, 1.82) is 5.26 Å². The first-order valence-corrected chi connectivity index (χ1v) is 8.06. The summed E-state index contributed by atoms with van der Waals surface area (Å²) >= 11 is 0. The van der Waals surface area contributed by atoms with Gasteiger partial charge < -0.3 is 5.11 Å². The topological polar surface area (TPSA) is 44.0 Å². The average Bonchev–Trinajstić information content (AvgIpc) is 2.46. The zero-order valence-corrected chi connectivity index (χ0v) is 13.7. The summed E-state index contributed by atoms with van der Waals surface area (Å²) in [5.74, 6) is 1.36. The van der Waals surface area contributed by atoms with Crippen molar-refractivity contribution in [2.45, 2.75) is 59.5 Å². The smallest absolute Gasteiger partial charge is 0.0981 e. The van der Waals surface area contributed by atoms with Crippen LogP contribution in [-0.4, -0.2) is 5.11 Å². The van der Waals surface area contributed by atoms with E-state index in [2.05, 4.69) is 19.9 Å². The number of nitrogens with zero attached hydrogens (tertiary/aromatic N) is 1.